The molecule has 2 unspecified atom stereocenters. The van der Waals surface area contributed by atoms with E-state index in [2.05, 4.69) is 5.32 Å². The van der Waals surface area contributed by atoms with Crippen molar-refractivity contribution in [3.05, 3.63) is 69.7 Å². The summed E-state index contributed by atoms with van der Waals surface area (Å²) in [6.07, 6.45) is 0. The van der Waals surface area contributed by atoms with Crippen LogP contribution in [-0.4, -0.2) is 70.9 Å². The van der Waals surface area contributed by atoms with E-state index in [9.17, 15) is 28.0 Å². The van der Waals surface area contributed by atoms with Crippen molar-refractivity contribution in [1.82, 2.24) is 15.0 Å². The van der Waals surface area contributed by atoms with Crippen LogP contribution in [0.15, 0.2) is 42.5 Å². The number of piperidine rings is 1. The molecule has 0 saturated carbocycles. The molecule has 2 heterocycles. The molecule has 2 aliphatic rings. The number of hydrogen-bond donors (Lipinski definition) is 1. The van der Waals surface area contributed by atoms with Gasteiger partial charge >= 0.3 is 5.92 Å². The first kappa shape index (κ1) is 26.0. The van der Waals surface area contributed by atoms with Crippen LogP contribution < -0.4 is 5.32 Å². The molecule has 0 bridgehead atoms. The first-order valence-corrected chi connectivity index (χ1v) is 11.0. The van der Waals surface area contributed by atoms with Crippen molar-refractivity contribution in [2.75, 3.05) is 0 Å². The fraction of sp³-hybridized carbons (Fsp3) is 0.273. The number of hydrogen-bond acceptors (Lipinski definition) is 4. The van der Waals surface area contributed by atoms with Crippen molar-refractivity contribution in [3.63, 3.8) is 0 Å². The van der Waals surface area contributed by atoms with Gasteiger partial charge in [-0.05, 0) is 35.1 Å². The maximum atomic E-state index is 14.5. The molecule has 2 aromatic carbocycles. The predicted molar refractivity (Wildman–Crippen MR) is 129 cm³/mol. The van der Waals surface area contributed by atoms with E-state index < -0.39 is 52.2 Å². The lowest BCUT2D eigenvalue weighted by atomic mass is 9.38. The second-order valence-corrected chi connectivity index (χ2v) is 9.05. The van der Waals surface area contributed by atoms with Gasteiger partial charge in [0.1, 0.15) is 6.04 Å². The molecule has 36 heavy (non-hydrogen) atoms. The lowest BCUT2D eigenvalue weighted by Gasteiger charge is -2.49. The van der Waals surface area contributed by atoms with Crippen LogP contribution in [0.5, 0.6) is 0 Å². The highest BCUT2D eigenvalue weighted by atomic mass is 35.5. The van der Waals surface area contributed by atoms with Gasteiger partial charge in [-0.25, -0.2) is 0 Å². The third kappa shape index (κ3) is 4.23. The van der Waals surface area contributed by atoms with E-state index in [-0.39, 0.29) is 28.5 Å². The molecule has 1 saturated heterocycles. The van der Waals surface area contributed by atoms with Crippen molar-refractivity contribution in [2.45, 2.75) is 36.1 Å². The van der Waals surface area contributed by atoms with E-state index in [1.165, 1.54) is 30.3 Å². The minimum Gasteiger partial charge on any atom is -0.346 e. The number of benzene rings is 2. The highest BCUT2D eigenvalue weighted by Crippen LogP contribution is 2.45. The Labute approximate surface area is 215 Å². The molecule has 1 N–H and O–H groups in total. The molecule has 4 rings (SSSR count). The lowest BCUT2D eigenvalue weighted by Crippen LogP contribution is -2.63. The maximum absolute atomic E-state index is 14.5. The van der Waals surface area contributed by atoms with Gasteiger partial charge < -0.3 is 15.0 Å². The molecule has 0 spiro atoms. The molecular formula is C22H14B4ClF2N3O4. The zero-order chi connectivity index (χ0) is 26.6. The number of alkyl halides is 2. The molecule has 4 amide bonds. The summed E-state index contributed by atoms with van der Waals surface area (Å²) in [6, 6.07) is 7.49. The Morgan fingerprint density at radius 3 is 2.39 bits per heavy atom. The number of rotatable bonds is 5. The molecule has 2 aromatic rings. The predicted octanol–water partition coefficient (Wildman–Crippen LogP) is 0.935. The van der Waals surface area contributed by atoms with Crippen molar-refractivity contribution in [2.24, 2.45) is 0 Å². The largest absolute Gasteiger partial charge is 0.349 e. The Balaban J connectivity index is 1.50. The number of imide groups is 1. The first-order chi connectivity index (χ1) is 16.8. The highest BCUT2D eigenvalue weighted by molar-refractivity contribution is 6.52. The highest BCUT2D eigenvalue weighted by Gasteiger charge is 2.53. The van der Waals surface area contributed by atoms with Gasteiger partial charge in [-0.1, -0.05) is 41.1 Å². The second-order valence-electron chi connectivity index (χ2n) is 8.62. The average molecular weight is 501 g/mol. The second kappa shape index (κ2) is 9.10. The van der Waals surface area contributed by atoms with E-state index in [0.717, 1.165) is 17.0 Å². The van der Waals surface area contributed by atoms with Gasteiger partial charge in [-0.2, -0.15) is 8.78 Å². The maximum Gasteiger partial charge on any atom is 0.349 e. The van der Waals surface area contributed by atoms with Crippen LogP contribution in [0.1, 0.15) is 27.0 Å². The van der Waals surface area contributed by atoms with Gasteiger partial charge in [0.25, 0.3) is 11.8 Å². The van der Waals surface area contributed by atoms with Gasteiger partial charge in [0.15, 0.2) is 0 Å². The number of halogens is 3. The Morgan fingerprint density at radius 2 is 1.75 bits per heavy atom. The summed E-state index contributed by atoms with van der Waals surface area (Å²) in [5, 5.41) is 0.333. The number of nitrogens with zero attached hydrogens (tertiary/aromatic N) is 2. The Hall–Kier alpha value is -3.07. The van der Waals surface area contributed by atoms with Crippen LogP contribution in [0.2, 0.25) is 16.1 Å². The van der Waals surface area contributed by atoms with Crippen LogP contribution in [0.3, 0.4) is 0 Å². The molecule has 2 aliphatic heterocycles. The molecular weight excluding hydrogens is 487 g/mol. The number of amides is 4. The lowest BCUT2D eigenvalue weighted by molar-refractivity contribution is -0.147. The van der Waals surface area contributed by atoms with Crippen LogP contribution in [-0.2, 0) is 33.4 Å². The van der Waals surface area contributed by atoms with Crippen molar-refractivity contribution in [3.8, 4) is 0 Å². The molecule has 1 fully saturated rings. The fourth-order valence-corrected chi connectivity index (χ4v) is 4.32. The molecule has 7 nitrogen and oxygen atoms in total. The van der Waals surface area contributed by atoms with Crippen LogP contribution >= 0.6 is 11.6 Å². The summed E-state index contributed by atoms with van der Waals surface area (Å²) in [7, 11) is 23.3. The van der Waals surface area contributed by atoms with E-state index in [4.69, 9.17) is 43.1 Å². The molecule has 14 heteroatoms. The Morgan fingerprint density at radius 1 is 1.11 bits per heavy atom. The van der Waals surface area contributed by atoms with Gasteiger partial charge in [-0.15, -0.1) is 0 Å². The molecule has 0 aromatic heterocycles. The minimum atomic E-state index is -3.80. The number of carbonyl (C=O) groups is 4. The van der Waals surface area contributed by atoms with Gasteiger partial charge in [0, 0.05) is 29.2 Å². The minimum absolute atomic E-state index is 0.141. The normalized spacial score (nSPS) is 21.5. The number of carbonyl (C=O) groups excluding carboxylic acids is 4. The first-order valence-electron chi connectivity index (χ1n) is 10.6. The van der Waals surface area contributed by atoms with E-state index in [0.29, 0.717) is 11.1 Å². The third-order valence-electron chi connectivity index (χ3n) is 6.25. The SMILES string of the molecule is [B]C1C(=O)N([B])C(=O)C(N2Cc3cc(CNC(=O)C(F)(F)c4ccc(Cl)cc4)ccc3C2=O)C1([B])[B]. The molecule has 0 aliphatic carbocycles. The quantitative estimate of drug-likeness (QED) is 0.489. The zero-order valence-corrected chi connectivity index (χ0v) is 19.3. The summed E-state index contributed by atoms with van der Waals surface area (Å²) in [5.74, 6) is -9.46. The molecule has 174 valence electrons. The number of fused-ring (bicyclic) bond motifs is 1. The molecule has 8 radical (unpaired) electrons. The average Bonchev–Trinajstić information content (AvgIpc) is 3.15. The monoisotopic (exact) mass is 501 g/mol. The smallest absolute Gasteiger partial charge is 0.346 e. The van der Waals surface area contributed by atoms with Crippen LogP contribution in [0.25, 0.3) is 0 Å². The van der Waals surface area contributed by atoms with Crippen molar-refractivity contribution < 1.29 is 28.0 Å². The summed E-state index contributed by atoms with van der Waals surface area (Å²) >= 11 is 5.71. The summed E-state index contributed by atoms with van der Waals surface area (Å²) in [4.78, 5) is 51.3. The fourth-order valence-electron chi connectivity index (χ4n) is 4.19. The zero-order valence-electron chi connectivity index (χ0n) is 18.6. The summed E-state index contributed by atoms with van der Waals surface area (Å²) in [5.41, 5.74) is 0.523. The summed E-state index contributed by atoms with van der Waals surface area (Å²) in [6.45, 7) is -0.405. The van der Waals surface area contributed by atoms with E-state index in [1.807, 2.05) is 0 Å². The van der Waals surface area contributed by atoms with Gasteiger partial charge in [0.05, 0.1) is 23.5 Å². The number of nitrogens with one attached hydrogen (secondary N) is 1. The molecule has 2 atom stereocenters. The van der Waals surface area contributed by atoms with Crippen molar-refractivity contribution >= 4 is 66.7 Å². The third-order valence-corrected chi connectivity index (χ3v) is 6.50. The van der Waals surface area contributed by atoms with Crippen molar-refractivity contribution in [1.29, 1.82) is 0 Å². The standard InChI is InChI=1S/C22H14B4ClF2N3O4/c23-15-18(34)32(26)19(35)16(21(15,24)25)31-9-11-7-10(1-6-14(11)17(31)33)8-30-20(36)22(28,29)12-2-4-13(27)5-3-12/h1-7,15-16H,8-9H2,(H,30,36). The summed E-state index contributed by atoms with van der Waals surface area (Å²) < 4.78 is 29.0. The van der Waals surface area contributed by atoms with Gasteiger partial charge in [0.2, 0.25) is 19.8 Å². The Bertz CT molecular complexity index is 1280. The van der Waals surface area contributed by atoms with Gasteiger partial charge in [-0.3, -0.25) is 19.2 Å². The Kier molecular flexibility index (Phi) is 6.58. The van der Waals surface area contributed by atoms with Crippen LogP contribution in [0, 0.1) is 0 Å². The topological polar surface area (TPSA) is 86.8 Å². The van der Waals surface area contributed by atoms with E-state index >= 15 is 0 Å². The van der Waals surface area contributed by atoms with E-state index in [1.54, 1.807) is 0 Å². The van der Waals surface area contributed by atoms with Crippen LogP contribution in [0.4, 0.5) is 8.78 Å².